The van der Waals surface area contributed by atoms with Gasteiger partial charge in [-0.05, 0) is 61.0 Å². The van der Waals surface area contributed by atoms with Gasteiger partial charge in [0.05, 0.1) is 16.8 Å². The second-order valence-corrected chi connectivity index (χ2v) is 6.65. The second kappa shape index (κ2) is 6.98. The van der Waals surface area contributed by atoms with E-state index in [0.717, 1.165) is 0 Å². The van der Waals surface area contributed by atoms with E-state index in [1.165, 1.54) is 53.4 Å². The van der Waals surface area contributed by atoms with Crippen LogP contribution < -0.4 is 4.90 Å². The van der Waals surface area contributed by atoms with Gasteiger partial charge in [0.15, 0.2) is 0 Å². The molecule has 0 fully saturated rings. The minimum Gasteiger partial charge on any atom is -0.478 e. The van der Waals surface area contributed by atoms with E-state index in [4.69, 9.17) is 5.11 Å². The van der Waals surface area contributed by atoms with Gasteiger partial charge in [0.25, 0.3) is 5.91 Å². The maximum Gasteiger partial charge on any atom is 0.335 e. The SMILES string of the molecule is Cc1cccc(F)c1/C=C1\C(=O)N(c2ccc(C(=O)O)cc2)c2cccc(F)c21. The summed E-state index contributed by atoms with van der Waals surface area (Å²) in [4.78, 5) is 25.6. The van der Waals surface area contributed by atoms with Crippen LogP contribution in [-0.4, -0.2) is 17.0 Å². The molecule has 6 heteroatoms. The van der Waals surface area contributed by atoms with Crippen molar-refractivity contribution in [3.8, 4) is 0 Å². The first-order valence-electron chi connectivity index (χ1n) is 8.82. The van der Waals surface area contributed by atoms with Gasteiger partial charge in [-0.1, -0.05) is 18.2 Å². The molecule has 0 bridgehead atoms. The van der Waals surface area contributed by atoms with E-state index in [0.29, 0.717) is 16.9 Å². The summed E-state index contributed by atoms with van der Waals surface area (Å²) >= 11 is 0. The maximum absolute atomic E-state index is 14.7. The minimum atomic E-state index is -1.09. The molecule has 0 spiro atoms. The molecule has 3 aromatic carbocycles. The average Bonchev–Trinajstić information content (AvgIpc) is 2.97. The van der Waals surface area contributed by atoms with Gasteiger partial charge in [0.1, 0.15) is 11.6 Å². The van der Waals surface area contributed by atoms with Gasteiger partial charge in [0, 0.05) is 16.8 Å². The first kappa shape index (κ1) is 18.6. The smallest absolute Gasteiger partial charge is 0.335 e. The van der Waals surface area contributed by atoms with E-state index in [2.05, 4.69) is 0 Å². The number of carbonyl (C=O) groups is 2. The zero-order valence-corrected chi connectivity index (χ0v) is 15.3. The maximum atomic E-state index is 14.7. The number of nitrogens with zero attached hydrogens (tertiary/aromatic N) is 1. The lowest BCUT2D eigenvalue weighted by molar-refractivity contribution is -0.112. The number of rotatable bonds is 3. The number of amides is 1. The van der Waals surface area contributed by atoms with Gasteiger partial charge in [0.2, 0.25) is 0 Å². The van der Waals surface area contributed by atoms with Crippen LogP contribution in [0.25, 0.3) is 11.6 Å². The van der Waals surface area contributed by atoms with Crippen LogP contribution in [0.3, 0.4) is 0 Å². The third-order valence-electron chi connectivity index (χ3n) is 4.87. The Kier molecular flexibility index (Phi) is 4.47. The van der Waals surface area contributed by atoms with E-state index < -0.39 is 23.5 Å². The van der Waals surface area contributed by atoms with Gasteiger partial charge in [-0.15, -0.1) is 0 Å². The van der Waals surface area contributed by atoms with Crippen molar-refractivity contribution in [3.63, 3.8) is 0 Å². The molecule has 4 rings (SSSR count). The predicted octanol–water partition coefficient (Wildman–Crippen LogP) is 5.19. The second-order valence-electron chi connectivity index (χ2n) is 6.65. The number of aromatic carboxylic acids is 1. The Balaban J connectivity index is 1.89. The van der Waals surface area contributed by atoms with Crippen molar-refractivity contribution in [3.05, 3.63) is 94.6 Å². The predicted molar refractivity (Wildman–Crippen MR) is 106 cm³/mol. The third-order valence-corrected chi connectivity index (χ3v) is 4.87. The molecule has 0 saturated heterocycles. The van der Waals surface area contributed by atoms with Gasteiger partial charge in [-0.2, -0.15) is 0 Å². The number of hydrogen-bond donors (Lipinski definition) is 1. The van der Waals surface area contributed by atoms with E-state index >= 15 is 0 Å². The first-order chi connectivity index (χ1) is 13.9. The van der Waals surface area contributed by atoms with Crippen LogP contribution in [0, 0.1) is 18.6 Å². The van der Waals surface area contributed by atoms with Crippen molar-refractivity contribution in [2.24, 2.45) is 0 Å². The van der Waals surface area contributed by atoms with Crippen molar-refractivity contribution in [1.29, 1.82) is 0 Å². The molecule has 29 heavy (non-hydrogen) atoms. The highest BCUT2D eigenvalue weighted by Crippen LogP contribution is 2.43. The molecule has 0 saturated carbocycles. The highest BCUT2D eigenvalue weighted by molar-refractivity contribution is 6.38. The van der Waals surface area contributed by atoms with Crippen LogP contribution >= 0.6 is 0 Å². The van der Waals surface area contributed by atoms with Gasteiger partial charge < -0.3 is 5.11 Å². The van der Waals surface area contributed by atoms with Crippen molar-refractivity contribution in [2.45, 2.75) is 6.92 Å². The number of carbonyl (C=O) groups excluding carboxylic acids is 1. The van der Waals surface area contributed by atoms with Crippen molar-refractivity contribution < 1.29 is 23.5 Å². The van der Waals surface area contributed by atoms with Crippen molar-refractivity contribution in [1.82, 2.24) is 0 Å². The molecule has 0 unspecified atom stereocenters. The minimum absolute atomic E-state index is 0.0358. The number of aryl methyl sites for hydroxylation is 1. The molecule has 1 N–H and O–H groups in total. The molecule has 0 aliphatic carbocycles. The molecule has 1 aliphatic heterocycles. The highest BCUT2D eigenvalue weighted by atomic mass is 19.1. The molecule has 1 amide bonds. The summed E-state index contributed by atoms with van der Waals surface area (Å²) in [7, 11) is 0. The fraction of sp³-hybridized carbons (Fsp3) is 0.0435. The van der Waals surface area contributed by atoms with E-state index in [1.807, 2.05) is 0 Å². The summed E-state index contributed by atoms with van der Waals surface area (Å²) in [5.74, 6) is -2.71. The van der Waals surface area contributed by atoms with Crippen LogP contribution in [-0.2, 0) is 4.79 Å². The number of hydrogen-bond acceptors (Lipinski definition) is 2. The van der Waals surface area contributed by atoms with Gasteiger partial charge in [-0.25, -0.2) is 13.6 Å². The third kappa shape index (κ3) is 3.08. The quantitative estimate of drug-likeness (QED) is 0.625. The Labute approximate surface area is 165 Å². The van der Waals surface area contributed by atoms with Crippen LogP contribution in [0.1, 0.15) is 27.0 Å². The Hall–Kier alpha value is -3.80. The summed E-state index contributed by atoms with van der Waals surface area (Å²) in [6, 6.07) is 14.6. The summed E-state index contributed by atoms with van der Waals surface area (Å²) < 4.78 is 29.0. The lowest BCUT2D eigenvalue weighted by atomic mass is 10.0. The number of halogens is 2. The van der Waals surface area contributed by atoms with Crippen molar-refractivity contribution in [2.75, 3.05) is 4.90 Å². The molecule has 1 heterocycles. The zero-order chi connectivity index (χ0) is 20.7. The Morgan fingerprint density at radius 2 is 1.62 bits per heavy atom. The number of benzene rings is 3. The van der Waals surface area contributed by atoms with Crippen LogP contribution in [0.2, 0.25) is 0 Å². The molecule has 144 valence electrons. The molecule has 4 nitrogen and oxygen atoms in total. The highest BCUT2D eigenvalue weighted by Gasteiger charge is 2.36. The number of anilines is 2. The zero-order valence-electron chi connectivity index (χ0n) is 15.3. The normalized spacial score (nSPS) is 14.4. The monoisotopic (exact) mass is 391 g/mol. The number of carboxylic acids is 1. The summed E-state index contributed by atoms with van der Waals surface area (Å²) in [5.41, 5.74) is 1.73. The topological polar surface area (TPSA) is 57.6 Å². The fourth-order valence-corrected chi connectivity index (χ4v) is 3.42. The number of carboxylic acid groups (broad SMARTS) is 1. The molecule has 1 aliphatic rings. The largest absolute Gasteiger partial charge is 0.478 e. The Morgan fingerprint density at radius 3 is 2.28 bits per heavy atom. The molecule has 3 aromatic rings. The number of fused-ring (bicyclic) bond motifs is 1. The fourth-order valence-electron chi connectivity index (χ4n) is 3.42. The molecular formula is C23H15F2NO3. The lowest BCUT2D eigenvalue weighted by Crippen LogP contribution is -2.20. The molecule has 0 radical (unpaired) electrons. The Morgan fingerprint density at radius 1 is 0.966 bits per heavy atom. The average molecular weight is 391 g/mol. The van der Waals surface area contributed by atoms with Crippen LogP contribution in [0.4, 0.5) is 20.2 Å². The van der Waals surface area contributed by atoms with Crippen LogP contribution in [0.5, 0.6) is 0 Å². The molecular weight excluding hydrogens is 376 g/mol. The van der Waals surface area contributed by atoms with Gasteiger partial charge >= 0.3 is 5.97 Å². The van der Waals surface area contributed by atoms with Gasteiger partial charge in [-0.3, -0.25) is 9.69 Å². The summed E-state index contributed by atoms with van der Waals surface area (Å²) in [6.45, 7) is 1.71. The summed E-state index contributed by atoms with van der Waals surface area (Å²) in [5, 5.41) is 9.07. The standard InChI is InChI=1S/C23H15F2NO3/c1-13-4-2-5-18(24)16(13)12-17-21-19(25)6-3-7-20(21)26(22(17)27)15-10-8-14(9-11-15)23(28)29/h2-12H,1H3,(H,28,29)/b17-12-. The first-order valence-corrected chi connectivity index (χ1v) is 8.82. The van der Waals surface area contributed by atoms with E-state index in [-0.39, 0.29) is 22.3 Å². The van der Waals surface area contributed by atoms with Crippen molar-refractivity contribution >= 4 is 34.9 Å². The van der Waals surface area contributed by atoms with E-state index in [1.54, 1.807) is 25.1 Å². The molecule has 0 aromatic heterocycles. The van der Waals surface area contributed by atoms with E-state index in [9.17, 15) is 18.4 Å². The summed E-state index contributed by atoms with van der Waals surface area (Å²) in [6.07, 6.45) is 1.36. The Bertz CT molecular complexity index is 1160. The molecule has 0 atom stereocenters. The van der Waals surface area contributed by atoms with Crippen LogP contribution in [0.15, 0.2) is 60.7 Å². The lowest BCUT2D eigenvalue weighted by Gasteiger charge is -2.17.